The number of rotatable bonds is 12. The topological polar surface area (TPSA) is 129 Å². The summed E-state index contributed by atoms with van der Waals surface area (Å²) in [5.41, 5.74) is 4.33. The number of hydrogen-bond donors (Lipinski definition) is 3. The van der Waals surface area contributed by atoms with Gasteiger partial charge in [-0.1, -0.05) is 38.1 Å². The molecule has 1 saturated heterocycles. The highest BCUT2D eigenvalue weighted by molar-refractivity contribution is 6.05. The zero-order valence-electron chi connectivity index (χ0n) is 27.2. The smallest absolute Gasteiger partial charge is 0.322 e. The van der Waals surface area contributed by atoms with Gasteiger partial charge in [0, 0.05) is 54.8 Å². The van der Waals surface area contributed by atoms with E-state index in [4.69, 9.17) is 14.7 Å². The second-order valence-electron chi connectivity index (χ2n) is 12.1. The minimum absolute atomic E-state index is 0.0584. The Kier molecular flexibility index (Phi) is 10.6. The number of ether oxygens (including phenoxy) is 1. The number of fused-ring (bicyclic) bond motifs is 1. The Balaban J connectivity index is 1.27. The van der Waals surface area contributed by atoms with Gasteiger partial charge in [-0.25, -0.2) is 0 Å². The quantitative estimate of drug-likeness (QED) is 0.193. The molecular formula is C34H43N9O3. The van der Waals surface area contributed by atoms with Crippen molar-refractivity contribution in [1.82, 2.24) is 29.4 Å². The minimum atomic E-state index is -0.261. The van der Waals surface area contributed by atoms with E-state index in [1.165, 1.54) is 6.08 Å². The second kappa shape index (κ2) is 15.0. The monoisotopic (exact) mass is 625 g/mol. The number of aromatic nitrogens is 4. The molecule has 0 aliphatic carbocycles. The first kappa shape index (κ1) is 32.6. The lowest BCUT2D eigenvalue weighted by Gasteiger charge is -2.28. The molecule has 5 rings (SSSR count). The summed E-state index contributed by atoms with van der Waals surface area (Å²) in [5, 5.41) is 13.8. The number of likely N-dealkylation sites (tertiary alicyclic amines) is 1. The maximum absolute atomic E-state index is 13.2. The normalized spacial score (nSPS) is 14.3. The number of anilines is 3. The fraction of sp³-hybridized carbons (Fsp3) is 0.382. The third-order valence-electron chi connectivity index (χ3n) is 7.79. The number of hydrogen-bond acceptors (Lipinski definition) is 9. The summed E-state index contributed by atoms with van der Waals surface area (Å²) in [6.07, 6.45) is 7.01. The van der Waals surface area contributed by atoms with E-state index in [1.54, 1.807) is 34.9 Å². The van der Waals surface area contributed by atoms with Crippen LogP contribution in [0.15, 0.2) is 66.9 Å². The Bertz CT molecular complexity index is 1670. The summed E-state index contributed by atoms with van der Waals surface area (Å²) in [6, 6.07) is 14.7. The van der Waals surface area contributed by atoms with Crippen LogP contribution < -0.4 is 20.7 Å². The maximum atomic E-state index is 13.2. The Labute approximate surface area is 269 Å². The van der Waals surface area contributed by atoms with E-state index < -0.39 is 0 Å². The fourth-order valence-corrected chi connectivity index (χ4v) is 5.13. The summed E-state index contributed by atoms with van der Waals surface area (Å²) in [4.78, 5) is 39.1. The van der Waals surface area contributed by atoms with Crippen LogP contribution in [-0.4, -0.2) is 88.1 Å². The third-order valence-corrected chi connectivity index (χ3v) is 7.79. The van der Waals surface area contributed by atoms with Gasteiger partial charge in [0.1, 0.15) is 6.10 Å². The minimum Gasteiger partial charge on any atom is -0.460 e. The molecule has 12 heteroatoms. The van der Waals surface area contributed by atoms with Crippen molar-refractivity contribution in [2.45, 2.75) is 45.3 Å². The molecule has 4 aromatic rings. The molecule has 0 radical (unpaired) electrons. The van der Waals surface area contributed by atoms with Crippen LogP contribution in [0.1, 0.15) is 54.1 Å². The predicted octanol–water partition coefficient (Wildman–Crippen LogP) is 4.64. The molecule has 1 aliphatic heterocycles. The molecule has 0 atom stereocenters. The van der Waals surface area contributed by atoms with Gasteiger partial charge in [0.2, 0.25) is 11.9 Å². The first-order chi connectivity index (χ1) is 22.2. The van der Waals surface area contributed by atoms with E-state index in [0.717, 1.165) is 37.1 Å². The van der Waals surface area contributed by atoms with Crippen molar-refractivity contribution in [3.05, 3.63) is 83.6 Å². The molecule has 2 amide bonds. The zero-order valence-corrected chi connectivity index (χ0v) is 27.2. The summed E-state index contributed by atoms with van der Waals surface area (Å²) >= 11 is 0. The van der Waals surface area contributed by atoms with E-state index in [9.17, 15) is 9.59 Å². The first-order valence-corrected chi connectivity index (χ1v) is 15.6. The number of likely N-dealkylation sites (N-methyl/N-ethyl adjacent to an activating group) is 1. The van der Waals surface area contributed by atoms with E-state index in [1.807, 2.05) is 49.5 Å². The van der Waals surface area contributed by atoms with Gasteiger partial charge >= 0.3 is 6.01 Å². The SMILES string of the molecule is CC(C)c1cnn2c(NCc3ccccc3NC(=O)c3ccc(NC(=O)C=CCN(C)C)cc3)nc(OC3CCN(C)CC3)nc12. The molecule has 3 heterocycles. The van der Waals surface area contributed by atoms with E-state index in [2.05, 4.69) is 46.8 Å². The summed E-state index contributed by atoms with van der Waals surface area (Å²) in [7, 11) is 5.98. The fourth-order valence-electron chi connectivity index (χ4n) is 5.13. The number of amides is 2. The average molecular weight is 626 g/mol. The van der Waals surface area contributed by atoms with Crippen LogP contribution in [0, 0.1) is 0 Å². The van der Waals surface area contributed by atoms with Crippen LogP contribution in [0.2, 0.25) is 0 Å². The van der Waals surface area contributed by atoms with E-state index >= 15 is 0 Å². The number of carbonyl (C=O) groups is 2. The number of carbonyl (C=O) groups excluding carboxylic acids is 2. The van der Waals surface area contributed by atoms with Gasteiger partial charge in [-0.05, 0) is 75.8 Å². The summed E-state index contributed by atoms with van der Waals surface area (Å²) in [6.45, 7) is 7.21. The highest BCUT2D eigenvalue weighted by Gasteiger charge is 2.22. The highest BCUT2D eigenvalue weighted by Crippen LogP contribution is 2.25. The van der Waals surface area contributed by atoms with Gasteiger partial charge in [0.25, 0.3) is 5.91 Å². The third kappa shape index (κ3) is 8.46. The maximum Gasteiger partial charge on any atom is 0.322 e. The molecule has 1 aliphatic rings. The van der Waals surface area contributed by atoms with E-state index in [0.29, 0.717) is 47.6 Å². The Morgan fingerprint density at radius 2 is 1.78 bits per heavy atom. The summed E-state index contributed by atoms with van der Waals surface area (Å²) < 4.78 is 7.98. The molecule has 242 valence electrons. The van der Waals surface area contributed by atoms with Gasteiger partial charge in [0.15, 0.2) is 5.65 Å². The molecule has 2 aromatic heterocycles. The molecule has 0 saturated carbocycles. The van der Waals surface area contributed by atoms with Crippen LogP contribution in [0.3, 0.4) is 0 Å². The van der Waals surface area contributed by atoms with Gasteiger partial charge in [0.05, 0.1) is 6.20 Å². The molecular weight excluding hydrogens is 582 g/mol. The van der Waals surface area contributed by atoms with E-state index in [-0.39, 0.29) is 23.8 Å². The molecule has 12 nitrogen and oxygen atoms in total. The number of nitrogens with zero attached hydrogens (tertiary/aromatic N) is 6. The highest BCUT2D eigenvalue weighted by atomic mass is 16.5. The van der Waals surface area contributed by atoms with Crippen molar-refractivity contribution in [1.29, 1.82) is 0 Å². The number of nitrogens with one attached hydrogen (secondary N) is 3. The van der Waals surface area contributed by atoms with Gasteiger partial charge in [-0.2, -0.15) is 19.6 Å². The standard InChI is InChI=1S/C34H43N9O3/c1-23(2)28-22-36-43-31(28)39-34(46-27-16-19-42(5)20-17-27)40-33(43)35-21-25-9-6-7-10-29(25)38-32(45)24-12-14-26(15-13-24)37-30(44)11-8-18-41(3)4/h6-15,22-23,27H,16-21H2,1-5H3,(H,37,44)(H,38,45)(H,35,39,40). The van der Waals surface area contributed by atoms with Gasteiger partial charge in [-0.3, -0.25) is 9.59 Å². The van der Waals surface area contributed by atoms with Crippen LogP contribution in [0.4, 0.5) is 17.3 Å². The zero-order chi connectivity index (χ0) is 32.6. The lowest BCUT2D eigenvalue weighted by molar-refractivity contribution is -0.111. The molecule has 46 heavy (non-hydrogen) atoms. The lowest BCUT2D eigenvalue weighted by Crippen LogP contribution is -2.36. The molecule has 0 unspecified atom stereocenters. The second-order valence-corrected chi connectivity index (χ2v) is 12.1. The Morgan fingerprint density at radius 3 is 2.50 bits per heavy atom. The number of piperidine rings is 1. The van der Waals surface area contributed by atoms with Crippen LogP contribution in [-0.2, 0) is 11.3 Å². The van der Waals surface area contributed by atoms with Crippen molar-refractivity contribution >= 4 is 34.8 Å². The molecule has 0 bridgehead atoms. The van der Waals surface area contributed by atoms with Crippen LogP contribution in [0.25, 0.3) is 5.65 Å². The number of para-hydroxylation sites is 1. The van der Waals surface area contributed by atoms with Crippen molar-refractivity contribution in [3.8, 4) is 6.01 Å². The predicted molar refractivity (Wildman–Crippen MR) is 181 cm³/mol. The molecule has 1 fully saturated rings. The molecule has 3 N–H and O–H groups in total. The lowest BCUT2D eigenvalue weighted by atomic mass is 10.1. The van der Waals surface area contributed by atoms with Crippen molar-refractivity contribution < 1.29 is 14.3 Å². The summed E-state index contributed by atoms with van der Waals surface area (Å²) in [5.74, 6) is 0.248. The van der Waals surface area contributed by atoms with Crippen molar-refractivity contribution in [2.24, 2.45) is 0 Å². The Morgan fingerprint density at radius 1 is 1.04 bits per heavy atom. The van der Waals surface area contributed by atoms with Crippen LogP contribution in [0.5, 0.6) is 6.01 Å². The van der Waals surface area contributed by atoms with Crippen LogP contribution >= 0.6 is 0 Å². The average Bonchev–Trinajstić information content (AvgIpc) is 3.46. The van der Waals surface area contributed by atoms with Gasteiger partial charge in [-0.15, -0.1) is 0 Å². The molecule has 0 spiro atoms. The first-order valence-electron chi connectivity index (χ1n) is 15.6. The largest absolute Gasteiger partial charge is 0.460 e. The Hall–Kier alpha value is -4.81. The van der Waals surface area contributed by atoms with Gasteiger partial charge < -0.3 is 30.5 Å². The molecule has 2 aromatic carbocycles. The van der Waals surface area contributed by atoms with Crippen molar-refractivity contribution in [3.63, 3.8) is 0 Å². The van der Waals surface area contributed by atoms with Crippen molar-refractivity contribution in [2.75, 3.05) is 56.7 Å². The number of benzene rings is 2.